The van der Waals surface area contributed by atoms with Crippen LogP contribution in [0.15, 0.2) is 60.7 Å². The van der Waals surface area contributed by atoms with E-state index >= 15 is 8.78 Å². The molecule has 3 heterocycles. The Morgan fingerprint density at radius 1 is 0.918 bits per heavy atom. The van der Waals surface area contributed by atoms with Gasteiger partial charge in [-0.3, -0.25) is 4.79 Å². The number of amides is 2. The number of alkyl halides is 6. The van der Waals surface area contributed by atoms with E-state index in [0.717, 1.165) is 17.9 Å². The summed E-state index contributed by atoms with van der Waals surface area (Å²) < 4.78 is 135. The van der Waals surface area contributed by atoms with Crippen molar-refractivity contribution >= 4 is 29.3 Å². The second-order valence-electron chi connectivity index (χ2n) is 15.7. The van der Waals surface area contributed by atoms with E-state index in [2.05, 4.69) is 4.98 Å². The van der Waals surface area contributed by atoms with E-state index in [1.54, 1.807) is 48.5 Å². The molecule has 0 saturated carbocycles. The number of aromatic nitrogens is 1. The molecule has 2 amide bonds. The number of rotatable bonds is 10. The third-order valence-corrected chi connectivity index (χ3v) is 10.8. The van der Waals surface area contributed by atoms with Crippen LogP contribution in [0.3, 0.4) is 0 Å². The molecule has 0 aliphatic carbocycles. The van der Waals surface area contributed by atoms with Gasteiger partial charge in [-0.1, -0.05) is 35.9 Å². The first kappa shape index (κ1) is 45.2. The molecular weight excluding hydrogens is 844 g/mol. The number of methoxy groups -OCH3 is 2. The molecule has 61 heavy (non-hydrogen) atoms. The SMILES string of the molecule is COc1ccc(CN(Cc2ccc(OC)cc2)c2cc(-c3nc(Cl)c(C(=O)N4[C@H]5C[C@@H]([C@@H]4[C@H](O)C(F)(F)F)N(C(=O)OC(C)(C)C)C5)cc3F)c(C(F)(F)F)c(C)c2F)cc1. The number of anilines is 1. The molecule has 10 nitrogen and oxygen atoms in total. The Morgan fingerprint density at radius 3 is 1.93 bits per heavy atom. The number of fused-ring (bicyclic) bond motifs is 2. The van der Waals surface area contributed by atoms with E-state index in [-0.39, 0.29) is 31.7 Å². The maximum atomic E-state index is 16.4. The van der Waals surface area contributed by atoms with Crippen molar-refractivity contribution in [3.63, 3.8) is 0 Å². The summed E-state index contributed by atoms with van der Waals surface area (Å²) in [6.45, 7) is 5.06. The van der Waals surface area contributed by atoms with E-state index in [4.69, 9.17) is 25.8 Å². The minimum Gasteiger partial charge on any atom is -0.497 e. The number of aliphatic hydroxyl groups is 1. The summed E-state index contributed by atoms with van der Waals surface area (Å²) in [5, 5.41) is 9.62. The molecular formula is C42H41ClF8N4O6. The van der Waals surface area contributed by atoms with Gasteiger partial charge in [0.15, 0.2) is 6.10 Å². The number of pyridine rings is 1. The van der Waals surface area contributed by atoms with Crippen LogP contribution in [0.4, 0.5) is 45.6 Å². The summed E-state index contributed by atoms with van der Waals surface area (Å²) in [4.78, 5) is 33.9. The Bertz CT molecular complexity index is 2240. The molecule has 0 radical (unpaired) electrons. The fourth-order valence-corrected chi connectivity index (χ4v) is 8.04. The van der Waals surface area contributed by atoms with Gasteiger partial charge in [0.05, 0.1) is 49.2 Å². The van der Waals surface area contributed by atoms with Gasteiger partial charge in [0.2, 0.25) is 0 Å². The van der Waals surface area contributed by atoms with Crippen LogP contribution in [0.2, 0.25) is 5.15 Å². The summed E-state index contributed by atoms with van der Waals surface area (Å²) >= 11 is 6.42. The maximum Gasteiger partial charge on any atom is 0.417 e. The van der Waals surface area contributed by atoms with Gasteiger partial charge in [-0.2, -0.15) is 26.3 Å². The zero-order valence-corrected chi connectivity index (χ0v) is 34.3. The lowest BCUT2D eigenvalue weighted by molar-refractivity contribution is -0.223. The van der Waals surface area contributed by atoms with E-state index < -0.39 is 98.9 Å². The standard InChI is InChI=1S/C42H41ClF8N4O6/c1-21-32(41(46,47)48)27(17-30(33(21)45)53(18-22-7-11-25(59-5)12-8-22)19-23-9-13-26(60-6)14-10-23)34-29(44)16-28(37(43)52-34)38(57)55-24-15-31(35(55)36(56)42(49,50)51)54(20-24)39(58)61-40(2,3)4/h7-14,16-17,24,31,35-36,56H,15,18-20H2,1-6H3/t24-,31-,35+,36-/m0/s1. The second kappa shape index (κ2) is 16.8. The molecule has 2 aliphatic rings. The summed E-state index contributed by atoms with van der Waals surface area (Å²) in [5.74, 6) is -3.12. The molecule has 4 atom stereocenters. The number of carbonyl (C=O) groups is 2. The highest BCUT2D eigenvalue weighted by atomic mass is 35.5. The molecule has 1 aromatic heterocycles. The van der Waals surface area contributed by atoms with E-state index in [1.807, 2.05) is 0 Å². The molecule has 328 valence electrons. The van der Waals surface area contributed by atoms with Crippen LogP contribution < -0.4 is 14.4 Å². The van der Waals surface area contributed by atoms with E-state index in [0.29, 0.717) is 33.6 Å². The fourth-order valence-electron chi connectivity index (χ4n) is 7.82. The van der Waals surface area contributed by atoms with Crippen LogP contribution in [0.25, 0.3) is 11.3 Å². The largest absolute Gasteiger partial charge is 0.497 e. The maximum absolute atomic E-state index is 16.4. The van der Waals surface area contributed by atoms with Crippen molar-refractivity contribution in [2.45, 2.75) is 89.4 Å². The Balaban J connectivity index is 1.43. The summed E-state index contributed by atoms with van der Waals surface area (Å²) in [7, 11) is 2.92. The first-order chi connectivity index (χ1) is 28.4. The van der Waals surface area contributed by atoms with Crippen LogP contribution >= 0.6 is 11.6 Å². The minimum atomic E-state index is -5.29. The van der Waals surface area contributed by atoms with Gasteiger partial charge in [0.25, 0.3) is 5.91 Å². The number of ether oxygens (including phenoxy) is 3. The monoisotopic (exact) mass is 884 g/mol. The molecule has 6 rings (SSSR count). The van der Waals surface area contributed by atoms with Gasteiger partial charge >= 0.3 is 18.4 Å². The topological polar surface area (TPSA) is 105 Å². The third kappa shape index (κ3) is 9.29. The average Bonchev–Trinajstić information content (AvgIpc) is 3.78. The molecule has 2 saturated heterocycles. The highest BCUT2D eigenvalue weighted by Crippen LogP contribution is 2.46. The zero-order chi connectivity index (χ0) is 44.9. The molecule has 3 aromatic carbocycles. The number of halogens is 9. The van der Waals surface area contributed by atoms with Crippen molar-refractivity contribution in [1.82, 2.24) is 14.8 Å². The second-order valence-corrected chi connectivity index (χ2v) is 16.1. The van der Waals surface area contributed by atoms with Crippen molar-refractivity contribution in [3.05, 3.63) is 105 Å². The number of carbonyl (C=O) groups excluding carboxylic acids is 2. The van der Waals surface area contributed by atoms with Crippen LogP contribution in [0.5, 0.6) is 11.5 Å². The molecule has 19 heteroatoms. The zero-order valence-electron chi connectivity index (χ0n) is 33.6. The van der Waals surface area contributed by atoms with Gasteiger partial charge in [-0.15, -0.1) is 0 Å². The summed E-state index contributed by atoms with van der Waals surface area (Å²) in [5.41, 5.74) is -5.50. The number of benzene rings is 3. The van der Waals surface area contributed by atoms with Crippen molar-refractivity contribution in [2.75, 3.05) is 25.7 Å². The van der Waals surface area contributed by atoms with Gasteiger partial charge in [0.1, 0.15) is 39.6 Å². The number of aliphatic hydroxyl groups excluding tert-OH is 1. The third-order valence-electron chi connectivity index (χ3n) is 10.5. The van der Waals surface area contributed by atoms with E-state index in [1.165, 1.54) is 39.9 Å². The van der Waals surface area contributed by atoms with Gasteiger partial charge in [-0.25, -0.2) is 18.6 Å². The highest BCUT2D eigenvalue weighted by Gasteiger charge is 2.61. The van der Waals surface area contributed by atoms with Crippen molar-refractivity contribution < 1.29 is 64.0 Å². The van der Waals surface area contributed by atoms with Gasteiger partial charge in [0, 0.05) is 25.2 Å². The Kier molecular flexibility index (Phi) is 12.5. The summed E-state index contributed by atoms with van der Waals surface area (Å²) in [6, 6.07) is 9.85. The molecule has 2 fully saturated rings. The van der Waals surface area contributed by atoms with Crippen LogP contribution in [-0.2, 0) is 24.0 Å². The number of nitrogens with zero attached hydrogens (tertiary/aromatic N) is 4. The molecule has 0 unspecified atom stereocenters. The Hall–Kier alpha value is -5.36. The number of hydrogen-bond acceptors (Lipinski definition) is 8. The summed E-state index contributed by atoms with van der Waals surface area (Å²) in [6.07, 6.45) is -14.9. The average molecular weight is 885 g/mol. The molecule has 1 N–H and O–H groups in total. The van der Waals surface area contributed by atoms with Crippen molar-refractivity contribution in [2.24, 2.45) is 0 Å². The Morgan fingerprint density at radius 2 is 1.46 bits per heavy atom. The fraction of sp³-hybridized carbons (Fsp3) is 0.405. The lowest BCUT2D eigenvalue weighted by Gasteiger charge is -2.43. The van der Waals surface area contributed by atoms with Crippen molar-refractivity contribution in [1.29, 1.82) is 0 Å². The predicted octanol–water partition coefficient (Wildman–Crippen LogP) is 9.36. The molecule has 2 bridgehead atoms. The van der Waals surface area contributed by atoms with Crippen LogP contribution in [0.1, 0.15) is 59.8 Å². The molecule has 0 spiro atoms. The smallest absolute Gasteiger partial charge is 0.417 e. The first-order valence-corrected chi connectivity index (χ1v) is 19.2. The first-order valence-electron chi connectivity index (χ1n) is 18.8. The van der Waals surface area contributed by atoms with Gasteiger partial charge < -0.3 is 34.0 Å². The number of piperazine rings is 1. The lowest BCUT2D eigenvalue weighted by atomic mass is 9.95. The minimum absolute atomic E-state index is 0.0599. The normalized spacial score (nSPS) is 18.3. The number of likely N-dealkylation sites (tertiary alicyclic amines) is 2. The Labute approximate surface area is 350 Å². The quantitative estimate of drug-likeness (QED) is 0.124. The predicted molar refractivity (Wildman–Crippen MR) is 207 cm³/mol. The van der Waals surface area contributed by atoms with Crippen LogP contribution in [-0.4, -0.2) is 88.7 Å². The number of hydrogen-bond donors (Lipinski definition) is 1. The van der Waals surface area contributed by atoms with Crippen molar-refractivity contribution in [3.8, 4) is 22.8 Å². The lowest BCUT2D eigenvalue weighted by Crippen LogP contribution is -2.63. The highest BCUT2D eigenvalue weighted by molar-refractivity contribution is 6.32. The van der Waals surface area contributed by atoms with Crippen LogP contribution in [0, 0.1) is 18.6 Å². The van der Waals surface area contributed by atoms with E-state index in [9.17, 15) is 41.0 Å². The molecule has 4 aromatic rings. The molecule has 2 aliphatic heterocycles. The van der Waals surface area contributed by atoms with Gasteiger partial charge in [-0.05, 0) is 87.2 Å².